The Morgan fingerprint density at radius 2 is 2.17 bits per heavy atom. The van der Waals surface area contributed by atoms with Crippen LogP contribution in [0.1, 0.15) is 11.3 Å². The van der Waals surface area contributed by atoms with Crippen molar-refractivity contribution in [3.05, 3.63) is 40.5 Å². The molecule has 5 N–H and O–H groups in total. The van der Waals surface area contributed by atoms with Crippen LogP contribution in [0.2, 0.25) is 5.02 Å². The molecule has 1 heterocycles. The first kappa shape index (κ1) is 12.1. The van der Waals surface area contributed by atoms with Crippen LogP contribution in [0.4, 0.5) is 5.82 Å². The minimum absolute atomic E-state index is 0.0667. The van der Waals surface area contributed by atoms with Crippen LogP contribution in [0.5, 0.6) is 0 Å². The van der Waals surface area contributed by atoms with E-state index in [9.17, 15) is 0 Å². The van der Waals surface area contributed by atoms with Crippen molar-refractivity contribution in [1.29, 1.82) is 0 Å². The zero-order chi connectivity index (χ0) is 13.0. The van der Waals surface area contributed by atoms with E-state index in [0.29, 0.717) is 5.02 Å². The van der Waals surface area contributed by atoms with Gasteiger partial charge in [-0.05, 0) is 22.4 Å². The summed E-state index contributed by atoms with van der Waals surface area (Å²) in [7, 11) is 0. The molecule has 0 atom stereocenters. The highest BCUT2D eigenvalue weighted by molar-refractivity contribution is 6.32. The average molecular weight is 266 g/mol. The van der Waals surface area contributed by atoms with Gasteiger partial charge in [-0.25, -0.2) is 4.63 Å². The van der Waals surface area contributed by atoms with Crippen molar-refractivity contribution in [1.82, 2.24) is 10.3 Å². The molecule has 0 fully saturated rings. The van der Waals surface area contributed by atoms with Crippen LogP contribution in [-0.4, -0.2) is 22.4 Å². The molecule has 7 nitrogen and oxygen atoms in total. The summed E-state index contributed by atoms with van der Waals surface area (Å²) in [5.41, 5.74) is 12.1. The van der Waals surface area contributed by atoms with Gasteiger partial charge in [0.05, 0.1) is 10.6 Å². The van der Waals surface area contributed by atoms with Gasteiger partial charge in [0.25, 0.3) is 0 Å². The van der Waals surface area contributed by atoms with Gasteiger partial charge in [-0.3, -0.25) is 0 Å². The fraction of sp³-hybridized carbons (Fsp3) is 0. The number of rotatable bonds is 3. The number of nitrogens with two attached hydrogens (primary N) is 2. The lowest BCUT2D eigenvalue weighted by molar-refractivity contribution is -0.456. The van der Waals surface area contributed by atoms with E-state index in [1.165, 1.54) is 0 Å². The Morgan fingerprint density at radius 3 is 2.83 bits per heavy atom. The molecule has 0 saturated heterocycles. The third-order valence-electron chi connectivity index (χ3n) is 2.07. The van der Waals surface area contributed by atoms with E-state index in [1.54, 1.807) is 12.3 Å². The second kappa shape index (κ2) is 5.28. The molecule has 2 rings (SSSR count). The standard InChI is InChI=1S/C10H9ClN6O/c11-7-4-2-1-3-6(7)5-14-15-9(12)8-10(13)17-18-16-8/h1-5H,(H2,12,15)(H2,13,17)/p+1/b14-5+. The van der Waals surface area contributed by atoms with E-state index in [4.69, 9.17) is 23.1 Å². The molecule has 0 radical (unpaired) electrons. The molecule has 1 aromatic heterocycles. The number of halogens is 1. The third-order valence-corrected chi connectivity index (χ3v) is 2.41. The SMILES string of the molecule is NC(=N/[NH+]=C/c1ccccc1Cl)c1nonc1N. The Balaban J connectivity index is 2.16. The number of hydrazone groups is 1. The normalized spacial score (nSPS) is 12.2. The number of aromatic nitrogens is 2. The lowest BCUT2D eigenvalue weighted by Gasteiger charge is -1.91. The molecule has 18 heavy (non-hydrogen) atoms. The molecular weight excluding hydrogens is 256 g/mol. The van der Waals surface area contributed by atoms with Gasteiger partial charge in [0.1, 0.15) is 0 Å². The number of amidine groups is 1. The fourth-order valence-corrected chi connectivity index (χ4v) is 1.38. The van der Waals surface area contributed by atoms with Crippen LogP contribution in [0.25, 0.3) is 0 Å². The maximum Gasteiger partial charge on any atom is 0.224 e. The van der Waals surface area contributed by atoms with Crippen LogP contribution >= 0.6 is 11.6 Å². The van der Waals surface area contributed by atoms with Gasteiger partial charge in [0, 0.05) is 5.10 Å². The quantitative estimate of drug-likeness (QED) is 0.379. The summed E-state index contributed by atoms with van der Waals surface area (Å²) in [6.07, 6.45) is 1.60. The third kappa shape index (κ3) is 2.64. The van der Waals surface area contributed by atoms with E-state index in [-0.39, 0.29) is 17.3 Å². The Hall–Kier alpha value is -2.41. The number of hydrogen-bond donors (Lipinski definition) is 3. The molecule has 1 aromatic carbocycles. The molecule has 0 spiro atoms. The molecule has 0 saturated carbocycles. The van der Waals surface area contributed by atoms with Gasteiger partial charge < -0.3 is 11.5 Å². The summed E-state index contributed by atoms with van der Waals surface area (Å²) < 4.78 is 4.41. The van der Waals surface area contributed by atoms with Crippen molar-refractivity contribution in [3.8, 4) is 0 Å². The summed E-state index contributed by atoms with van der Waals surface area (Å²) in [6, 6.07) is 7.28. The van der Waals surface area contributed by atoms with E-state index >= 15 is 0 Å². The van der Waals surface area contributed by atoms with Crippen LogP contribution in [0.15, 0.2) is 34.0 Å². The molecule has 2 aromatic rings. The summed E-state index contributed by atoms with van der Waals surface area (Å²) in [5.74, 6) is 0.146. The molecule has 0 unspecified atom stereocenters. The number of nitrogens with one attached hydrogen (secondary N) is 1. The minimum Gasteiger partial charge on any atom is -0.379 e. The summed E-state index contributed by atoms with van der Waals surface area (Å²) in [5, 5.41) is 14.0. The topological polar surface area (TPSA) is 117 Å². The Kier molecular flexibility index (Phi) is 3.54. The largest absolute Gasteiger partial charge is 0.379 e. The number of nitrogens with zero attached hydrogens (tertiary/aromatic N) is 3. The first-order valence-corrected chi connectivity index (χ1v) is 5.31. The molecule has 0 aliphatic carbocycles. The number of anilines is 1. The van der Waals surface area contributed by atoms with Crippen molar-refractivity contribution < 1.29 is 9.73 Å². The molecule has 0 bridgehead atoms. The smallest absolute Gasteiger partial charge is 0.224 e. The maximum absolute atomic E-state index is 5.96. The zero-order valence-electron chi connectivity index (χ0n) is 9.17. The van der Waals surface area contributed by atoms with E-state index in [2.05, 4.69) is 25.1 Å². The Bertz CT molecular complexity index is 606. The van der Waals surface area contributed by atoms with Crippen molar-refractivity contribution in [2.75, 3.05) is 5.73 Å². The highest BCUT2D eigenvalue weighted by Crippen LogP contribution is 2.11. The zero-order valence-corrected chi connectivity index (χ0v) is 9.93. The van der Waals surface area contributed by atoms with Crippen molar-refractivity contribution in [2.24, 2.45) is 10.8 Å². The van der Waals surface area contributed by atoms with Crippen molar-refractivity contribution in [3.63, 3.8) is 0 Å². The Morgan fingerprint density at radius 1 is 1.39 bits per heavy atom. The van der Waals surface area contributed by atoms with Gasteiger partial charge in [0.15, 0.2) is 11.5 Å². The molecule has 0 aliphatic heterocycles. The maximum atomic E-state index is 5.96. The predicted molar refractivity (Wildman–Crippen MR) is 67.0 cm³/mol. The van der Waals surface area contributed by atoms with Crippen LogP contribution < -0.4 is 16.6 Å². The van der Waals surface area contributed by atoms with Gasteiger partial charge in [-0.15, -0.1) is 5.10 Å². The van der Waals surface area contributed by atoms with Gasteiger partial charge in [0.2, 0.25) is 12.1 Å². The first-order chi connectivity index (χ1) is 8.68. The average Bonchev–Trinajstić information content (AvgIpc) is 2.78. The van der Waals surface area contributed by atoms with E-state index in [0.717, 1.165) is 5.56 Å². The molecule has 0 aliphatic rings. The van der Waals surface area contributed by atoms with Crippen LogP contribution in [0.3, 0.4) is 0 Å². The van der Waals surface area contributed by atoms with Crippen LogP contribution in [0, 0.1) is 0 Å². The van der Waals surface area contributed by atoms with Crippen molar-refractivity contribution in [2.45, 2.75) is 0 Å². The highest BCUT2D eigenvalue weighted by Gasteiger charge is 2.11. The Labute approximate surface area is 107 Å². The second-order valence-electron chi connectivity index (χ2n) is 3.29. The lowest BCUT2D eigenvalue weighted by Crippen LogP contribution is -2.63. The molecule has 8 heteroatoms. The van der Waals surface area contributed by atoms with Crippen LogP contribution in [-0.2, 0) is 0 Å². The minimum atomic E-state index is 0.0667. The summed E-state index contributed by atoms with van der Waals surface area (Å²) >= 11 is 5.96. The van der Waals surface area contributed by atoms with E-state index < -0.39 is 0 Å². The lowest BCUT2D eigenvalue weighted by atomic mass is 10.2. The van der Waals surface area contributed by atoms with Gasteiger partial charge in [-0.1, -0.05) is 23.7 Å². The summed E-state index contributed by atoms with van der Waals surface area (Å²) in [4.78, 5) is 0. The number of nitrogen functional groups attached to an aromatic ring is 1. The number of benzene rings is 1. The molecule has 0 amide bonds. The second-order valence-corrected chi connectivity index (χ2v) is 3.70. The van der Waals surface area contributed by atoms with E-state index in [1.807, 2.05) is 18.2 Å². The fourth-order valence-electron chi connectivity index (χ4n) is 1.19. The van der Waals surface area contributed by atoms with Crippen molar-refractivity contribution >= 4 is 29.5 Å². The first-order valence-electron chi connectivity index (χ1n) is 4.93. The summed E-state index contributed by atoms with van der Waals surface area (Å²) in [6.45, 7) is 0. The molecular formula is C10H10ClN6O+. The monoisotopic (exact) mass is 265 g/mol. The van der Waals surface area contributed by atoms with Gasteiger partial charge in [-0.2, -0.15) is 0 Å². The predicted octanol–water partition coefficient (Wildman–Crippen LogP) is -0.875. The highest BCUT2D eigenvalue weighted by atomic mass is 35.5. The number of hydrogen-bond acceptors (Lipinski definition) is 5. The van der Waals surface area contributed by atoms with Gasteiger partial charge >= 0.3 is 0 Å². The molecule has 92 valence electrons.